The van der Waals surface area contributed by atoms with Gasteiger partial charge < -0.3 is 5.32 Å². The second kappa shape index (κ2) is 9.05. The molecular weight excluding hydrogens is 493 g/mol. The number of hydrogen-bond acceptors (Lipinski definition) is 4. The number of hydrogen-bond donors (Lipinski definition) is 1. The van der Waals surface area contributed by atoms with Crippen molar-refractivity contribution in [2.45, 2.75) is 23.2 Å². The zero-order chi connectivity index (χ0) is 24.7. The molecule has 0 saturated carbocycles. The smallest absolute Gasteiger partial charge is 0.347 e. The van der Waals surface area contributed by atoms with Crippen molar-refractivity contribution in [3.63, 3.8) is 0 Å². The lowest BCUT2D eigenvalue weighted by Gasteiger charge is -2.21. The number of aryl methyl sites for hydroxylation is 1. The van der Waals surface area contributed by atoms with Gasteiger partial charge in [-0.15, -0.1) is 0 Å². The minimum absolute atomic E-state index is 0.0597. The number of aromatic nitrogens is 2. The third-order valence-corrected chi connectivity index (χ3v) is 7.80. The molecule has 12 heteroatoms. The van der Waals surface area contributed by atoms with E-state index in [0.717, 1.165) is 17.7 Å². The van der Waals surface area contributed by atoms with Crippen LogP contribution < -0.4 is 5.32 Å². The predicted molar refractivity (Wildman–Crippen MR) is 119 cm³/mol. The van der Waals surface area contributed by atoms with Crippen molar-refractivity contribution in [1.82, 2.24) is 19.4 Å². The molecule has 0 unspecified atom stereocenters. The van der Waals surface area contributed by atoms with Crippen LogP contribution in [0.25, 0.3) is 0 Å². The molecule has 2 heterocycles. The average molecular weight is 513 g/mol. The fourth-order valence-electron chi connectivity index (χ4n) is 3.98. The normalized spacial score (nSPS) is 19.3. The van der Waals surface area contributed by atoms with Crippen molar-refractivity contribution in [3.8, 4) is 0 Å². The highest BCUT2D eigenvalue weighted by atomic mass is 35.5. The third kappa shape index (κ3) is 4.68. The molecule has 7 nitrogen and oxygen atoms in total. The summed E-state index contributed by atoms with van der Waals surface area (Å²) < 4.78 is 68.5. The molecule has 1 aliphatic rings. The van der Waals surface area contributed by atoms with Gasteiger partial charge in [-0.3, -0.25) is 9.48 Å². The van der Waals surface area contributed by atoms with Crippen LogP contribution in [0.1, 0.15) is 27.4 Å². The molecule has 3 aromatic rings. The molecule has 0 radical (unpaired) electrons. The third-order valence-electron chi connectivity index (χ3n) is 5.67. The molecule has 1 aliphatic heterocycles. The lowest BCUT2D eigenvalue weighted by Crippen LogP contribution is -2.40. The summed E-state index contributed by atoms with van der Waals surface area (Å²) in [5, 5.41) is 5.84. The van der Waals surface area contributed by atoms with E-state index in [1.54, 1.807) is 37.4 Å². The summed E-state index contributed by atoms with van der Waals surface area (Å²) in [6.07, 6.45) is -3.21. The highest BCUT2D eigenvalue weighted by molar-refractivity contribution is 7.89. The van der Waals surface area contributed by atoms with Crippen molar-refractivity contribution >= 4 is 27.5 Å². The molecule has 2 atom stereocenters. The number of halogens is 4. The topological polar surface area (TPSA) is 84.3 Å². The van der Waals surface area contributed by atoms with E-state index in [2.05, 4.69) is 10.4 Å². The fourth-order valence-corrected chi connectivity index (χ4v) is 5.75. The first-order chi connectivity index (χ1) is 16.0. The molecule has 1 N–H and O–H groups in total. The van der Waals surface area contributed by atoms with Gasteiger partial charge in [0.2, 0.25) is 0 Å². The van der Waals surface area contributed by atoms with Gasteiger partial charge in [-0.2, -0.15) is 22.6 Å². The highest BCUT2D eigenvalue weighted by Crippen LogP contribution is 2.37. The Hall–Kier alpha value is -2.89. The van der Waals surface area contributed by atoms with Gasteiger partial charge in [0, 0.05) is 32.3 Å². The summed E-state index contributed by atoms with van der Waals surface area (Å²) in [4.78, 5) is 13.0. The van der Waals surface area contributed by atoms with E-state index in [1.807, 2.05) is 0 Å². The molecule has 1 aromatic heterocycles. The number of alkyl halides is 3. The van der Waals surface area contributed by atoms with Gasteiger partial charge in [0.1, 0.15) is 0 Å². The first kappa shape index (κ1) is 24.2. The lowest BCUT2D eigenvalue weighted by atomic mass is 9.94. The van der Waals surface area contributed by atoms with Crippen molar-refractivity contribution in [2.75, 3.05) is 13.1 Å². The molecule has 1 saturated heterocycles. The molecule has 0 aliphatic carbocycles. The van der Waals surface area contributed by atoms with Crippen LogP contribution in [0, 0.1) is 0 Å². The van der Waals surface area contributed by atoms with Gasteiger partial charge in [-0.1, -0.05) is 48.0 Å². The fraction of sp³-hybridized carbons (Fsp3) is 0.273. The largest absolute Gasteiger partial charge is 0.417 e. The average Bonchev–Trinajstić information content (AvgIpc) is 3.41. The number of carbonyl (C=O) groups excluding carboxylic acids is 1. The number of carbonyl (C=O) groups is 1. The zero-order valence-electron chi connectivity index (χ0n) is 17.8. The number of sulfonamides is 1. The van der Waals surface area contributed by atoms with E-state index in [4.69, 9.17) is 11.6 Å². The van der Waals surface area contributed by atoms with Crippen LogP contribution in [0.5, 0.6) is 0 Å². The van der Waals surface area contributed by atoms with Gasteiger partial charge in [0.05, 0.1) is 22.2 Å². The van der Waals surface area contributed by atoms with E-state index >= 15 is 0 Å². The van der Waals surface area contributed by atoms with Crippen LogP contribution in [0.15, 0.2) is 65.8 Å². The standard InChI is InChI=1S/C22H20ClF3N4O3S/c1-29-11-10-19(28-29)34(32,33)30-12-16(14-6-3-2-4-7-14)18(13-30)27-21(31)15-8-5-9-17(20(15)23)22(24,25)26/h2-11,16,18H,12-13H2,1H3,(H,27,31)/t16-,18+/m1/s1. The number of rotatable bonds is 5. The summed E-state index contributed by atoms with van der Waals surface area (Å²) >= 11 is 5.91. The van der Waals surface area contributed by atoms with Gasteiger partial charge in [0.15, 0.2) is 5.03 Å². The monoisotopic (exact) mass is 512 g/mol. The summed E-state index contributed by atoms with van der Waals surface area (Å²) in [6.45, 7) is -0.0228. The Morgan fingerprint density at radius 1 is 1.09 bits per heavy atom. The molecule has 180 valence electrons. The second-order valence-electron chi connectivity index (χ2n) is 7.91. The maximum atomic E-state index is 13.2. The van der Waals surface area contributed by atoms with Crippen molar-refractivity contribution in [2.24, 2.45) is 7.05 Å². The number of amides is 1. The molecule has 0 spiro atoms. The predicted octanol–water partition coefficient (Wildman–Crippen LogP) is 3.68. The molecule has 1 amide bonds. The summed E-state index contributed by atoms with van der Waals surface area (Å²) in [7, 11) is -2.36. The van der Waals surface area contributed by atoms with Crippen molar-refractivity contribution in [3.05, 3.63) is 82.5 Å². The van der Waals surface area contributed by atoms with Crippen molar-refractivity contribution < 1.29 is 26.4 Å². The van der Waals surface area contributed by atoms with Gasteiger partial charge in [-0.05, 0) is 23.8 Å². The van der Waals surface area contributed by atoms with Crippen LogP contribution in [0.4, 0.5) is 13.2 Å². The molecular formula is C22H20ClF3N4O3S. The van der Waals surface area contributed by atoms with Crippen molar-refractivity contribution in [1.29, 1.82) is 0 Å². The number of nitrogens with one attached hydrogen (secondary N) is 1. The lowest BCUT2D eigenvalue weighted by molar-refractivity contribution is -0.137. The summed E-state index contributed by atoms with van der Waals surface area (Å²) in [5.74, 6) is -1.26. The molecule has 1 fully saturated rings. The minimum Gasteiger partial charge on any atom is -0.347 e. The Labute approximate surface area is 199 Å². The minimum atomic E-state index is -4.72. The van der Waals surface area contributed by atoms with Gasteiger partial charge in [-0.25, -0.2) is 8.42 Å². The van der Waals surface area contributed by atoms with E-state index < -0.39 is 44.7 Å². The maximum Gasteiger partial charge on any atom is 0.417 e. The Balaban J connectivity index is 1.65. The van der Waals surface area contributed by atoms with Gasteiger partial charge >= 0.3 is 6.18 Å². The highest BCUT2D eigenvalue weighted by Gasteiger charge is 2.42. The van der Waals surface area contributed by atoms with Gasteiger partial charge in [0.25, 0.3) is 15.9 Å². The Morgan fingerprint density at radius 2 is 1.79 bits per heavy atom. The molecule has 34 heavy (non-hydrogen) atoms. The van der Waals surface area contributed by atoms with Crippen LogP contribution in [0.2, 0.25) is 5.02 Å². The summed E-state index contributed by atoms with van der Waals surface area (Å²) in [6, 6.07) is 12.7. The SMILES string of the molecule is Cn1ccc(S(=O)(=O)N2C[C@H](NC(=O)c3cccc(C(F)(F)F)c3Cl)[C@@H](c3ccccc3)C2)n1. The van der Waals surface area contributed by atoms with E-state index in [-0.39, 0.29) is 23.7 Å². The number of benzene rings is 2. The first-order valence-corrected chi connectivity index (χ1v) is 12.0. The first-order valence-electron chi connectivity index (χ1n) is 10.2. The van der Waals surface area contributed by atoms with Crippen LogP contribution in [0.3, 0.4) is 0 Å². The molecule has 0 bridgehead atoms. The van der Waals surface area contributed by atoms with E-state index in [0.29, 0.717) is 0 Å². The van der Waals surface area contributed by atoms with E-state index in [9.17, 15) is 26.4 Å². The Morgan fingerprint density at radius 3 is 2.41 bits per heavy atom. The zero-order valence-corrected chi connectivity index (χ0v) is 19.4. The molecule has 4 rings (SSSR count). The van der Waals surface area contributed by atoms with Crippen LogP contribution in [-0.2, 0) is 23.2 Å². The van der Waals surface area contributed by atoms with Crippen LogP contribution in [-0.4, -0.2) is 47.5 Å². The summed E-state index contributed by atoms with van der Waals surface area (Å²) in [5.41, 5.74) is -0.678. The number of nitrogens with zero attached hydrogens (tertiary/aromatic N) is 3. The van der Waals surface area contributed by atoms with E-state index in [1.165, 1.54) is 27.3 Å². The maximum absolute atomic E-state index is 13.2. The second-order valence-corrected chi connectivity index (χ2v) is 10.2. The Bertz CT molecular complexity index is 1310. The Kier molecular flexibility index (Phi) is 6.45. The van der Waals surface area contributed by atoms with Crippen LogP contribution >= 0.6 is 11.6 Å². The quantitative estimate of drug-likeness (QED) is 0.565. The molecule has 2 aromatic carbocycles.